The first-order valence-electron chi connectivity index (χ1n) is 11.4. The molecule has 11 heteroatoms. The standard InChI is InChI=1S/C23H30N4O4S3/c1-4-5-11-25-12-26(13-33-22(25)32)16(14-9-7-6-8-10-14)18(28)24-15-19(29)27-17(21(30)31)23(2,3)34-20(15)27/h6-10,15-17,20H,4-5,11-13H2,1-3H3,(H,24,28)(H,30,31)/t15?,16?,17-,20+/m0/s1. The molecule has 3 aliphatic rings. The highest BCUT2D eigenvalue weighted by Crippen LogP contribution is 2.50. The number of β-lactam (4-membered cyclic amide) rings is 1. The maximum absolute atomic E-state index is 13.6. The molecule has 0 saturated carbocycles. The number of fused-ring (bicyclic) bond motifs is 1. The monoisotopic (exact) mass is 522 g/mol. The van der Waals surface area contributed by atoms with Gasteiger partial charge in [-0.25, -0.2) is 4.79 Å². The van der Waals surface area contributed by atoms with E-state index in [2.05, 4.69) is 22.0 Å². The van der Waals surface area contributed by atoms with Crippen LogP contribution in [0.2, 0.25) is 0 Å². The van der Waals surface area contributed by atoms with E-state index in [9.17, 15) is 19.5 Å². The Balaban J connectivity index is 1.53. The van der Waals surface area contributed by atoms with Crippen molar-refractivity contribution >= 4 is 57.8 Å². The highest BCUT2D eigenvalue weighted by molar-refractivity contribution is 8.22. The van der Waals surface area contributed by atoms with Crippen molar-refractivity contribution in [3.05, 3.63) is 35.9 Å². The number of nitrogens with one attached hydrogen (secondary N) is 1. The SMILES string of the molecule is CCCCN1CN(C(C(=O)NC2C(=O)N3[C@@H]2SC(C)(C)[C@@H]3C(=O)O)c2ccccc2)CSC1=S. The van der Waals surface area contributed by atoms with Crippen molar-refractivity contribution < 1.29 is 19.5 Å². The lowest BCUT2D eigenvalue weighted by atomic mass is 9.95. The second kappa shape index (κ2) is 10.0. The third kappa shape index (κ3) is 4.67. The van der Waals surface area contributed by atoms with Crippen LogP contribution in [-0.2, 0) is 14.4 Å². The van der Waals surface area contributed by atoms with Crippen LogP contribution in [0, 0.1) is 0 Å². The minimum atomic E-state index is -1.02. The number of aliphatic carboxylic acids is 1. The molecule has 4 rings (SSSR count). The number of rotatable bonds is 8. The molecule has 0 spiro atoms. The van der Waals surface area contributed by atoms with Gasteiger partial charge in [0.25, 0.3) is 0 Å². The zero-order valence-electron chi connectivity index (χ0n) is 19.5. The molecule has 8 nitrogen and oxygen atoms in total. The maximum atomic E-state index is 13.6. The number of carbonyl (C=O) groups excluding carboxylic acids is 2. The molecule has 4 atom stereocenters. The number of nitrogens with zero attached hydrogens (tertiary/aromatic N) is 3. The first-order valence-corrected chi connectivity index (χ1v) is 13.7. The van der Waals surface area contributed by atoms with Gasteiger partial charge in [0.15, 0.2) is 0 Å². The van der Waals surface area contributed by atoms with E-state index in [1.165, 1.54) is 16.7 Å². The molecule has 1 aromatic carbocycles. The Bertz CT molecular complexity index is 976. The molecule has 2 unspecified atom stereocenters. The summed E-state index contributed by atoms with van der Waals surface area (Å²) in [5, 5.41) is 12.2. The number of carboxylic acid groups (broad SMARTS) is 1. The smallest absolute Gasteiger partial charge is 0.327 e. The Morgan fingerprint density at radius 2 is 2.00 bits per heavy atom. The lowest BCUT2D eigenvalue weighted by Crippen LogP contribution is -2.71. The summed E-state index contributed by atoms with van der Waals surface area (Å²) in [6.07, 6.45) is 2.07. The topological polar surface area (TPSA) is 93.2 Å². The van der Waals surface area contributed by atoms with Gasteiger partial charge in [0.2, 0.25) is 11.8 Å². The highest BCUT2D eigenvalue weighted by Gasteiger charge is 2.64. The van der Waals surface area contributed by atoms with Gasteiger partial charge in [-0.05, 0) is 25.8 Å². The largest absolute Gasteiger partial charge is 0.480 e. The Morgan fingerprint density at radius 3 is 2.65 bits per heavy atom. The van der Waals surface area contributed by atoms with Gasteiger partial charge in [0.1, 0.15) is 27.8 Å². The molecule has 0 aliphatic carbocycles. The van der Waals surface area contributed by atoms with Crippen LogP contribution in [-0.4, -0.2) is 83.2 Å². The van der Waals surface area contributed by atoms with E-state index >= 15 is 0 Å². The average molecular weight is 523 g/mol. The number of thioether (sulfide) groups is 2. The van der Waals surface area contributed by atoms with Crippen LogP contribution < -0.4 is 5.32 Å². The minimum absolute atomic E-state index is 0.259. The normalized spacial score (nSPS) is 27.2. The number of amides is 2. The second-order valence-electron chi connectivity index (χ2n) is 9.28. The van der Waals surface area contributed by atoms with Crippen LogP contribution in [0.3, 0.4) is 0 Å². The molecule has 3 aliphatic heterocycles. The summed E-state index contributed by atoms with van der Waals surface area (Å²) in [4.78, 5) is 44.0. The van der Waals surface area contributed by atoms with E-state index in [0.29, 0.717) is 12.5 Å². The van der Waals surface area contributed by atoms with E-state index < -0.39 is 28.8 Å². The van der Waals surface area contributed by atoms with Gasteiger partial charge in [-0.2, -0.15) is 0 Å². The van der Waals surface area contributed by atoms with Crippen LogP contribution in [0.5, 0.6) is 0 Å². The van der Waals surface area contributed by atoms with E-state index in [0.717, 1.165) is 29.3 Å². The Morgan fingerprint density at radius 1 is 1.29 bits per heavy atom. The van der Waals surface area contributed by atoms with Gasteiger partial charge < -0.3 is 20.2 Å². The van der Waals surface area contributed by atoms with Gasteiger partial charge >= 0.3 is 5.97 Å². The fourth-order valence-electron chi connectivity index (χ4n) is 4.76. The zero-order valence-corrected chi connectivity index (χ0v) is 21.9. The Labute approximate surface area is 213 Å². The predicted molar refractivity (Wildman–Crippen MR) is 138 cm³/mol. The second-order valence-corrected chi connectivity index (χ2v) is 12.6. The third-order valence-electron chi connectivity index (χ3n) is 6.45. The zero-order chi connectivity index (χ0) is 24.6. The molecular weight excluding hydrogens is 492 g/mol. The summed E-state index contributed by atoms with van der Waals surface area (Å²) in [7, 11) is 0. The molecule has 184 valence electrons. The number of unbranched alkanes of at least 4 members (excludes halogenated alkanes) is 1. The summed E-state index contributed by atoms with van der Waals surface area (Å²) >= 11 is 8.51. The fourth-order valence-corrected chi connectivity index (χ4v) is 7.53. The molecule has 34 heavy (non-hydrogen) atoms. The van der Waals surface area contributed by atoms with E-state index in [4.69, 9.17) is 12.2 Å². The number of benzene rings is 1. The molecule has 0 bridgehead atoms. The van der Waals surface area contributed by atoms with Crippen LogP contribution in [0.1, 0.15) is 45.2 Å². The maximum Gasteiger partial charge on any atom is 0.327 e. The molecule has 2 amide bonds. The number of hydrogen-bond donors (Lipinski definition) is 2. The first kappa shape index (κ1) is 25.3. The van der Waals surface area contributed by atoms with Crippen LogP contribution in [0.4, 0.5) is 0 Å². The van der Waals surface area contributed by atoms with Crippen LogP contribution >= 0.6 is 35.7 Å². The number of carbonyl (C=O) groups is 3. The number of hydrogen-bond acceptors (Lipinski definition) is 7. The molecular formula is C23H30N4O4S3. The molecule has 2 N–H and O–H groups in total. The Kier molecular flexibility index (Phi) is 7.47. The lowest BCUT2D eigenvalue weighted by Gasteiger charge is -2.45. The summed E-state index contributed by atoms with van der Waals surface area (Å²) in [5.74, 6) is -1.04. The van der Waals surface area contributed by atoms with E-state index in [1.54, 1.807) is 11.8 Å². The Hall–Kier alpha value is -1.82. The van der Waals surface area contributed by atoms with Crippen molar-refractivity contribution in [1.82, 2.24) is 20.0 Å². The molecule has 1 aromatic rings. The van der Waals surface area contributed by atoms with Gasteiger partial charge in [-0.1, -0.05) is 67.7 Å². The lowest BCUT2D eigenvalue weighted by molar-refractivity contribution is -0.161. The first-order chi connectivity index (χ1) is 16.2. The van der Waals surface area contributed by atoms with Gasteiger partial charge in [-0.3, -0.25) is 14.5 Å². The van der Waals surface area contributed by atoms with Crippen LogP contribution in [0.15, 0.2) is 30.3 Å². The highest BCUT2D eigenvalue weighted by atomic mass is 32.2. The summed E-state index contributed by atoms with van der Waals surface area (Å²) < 4.78 is 0.203. The summed E-state index contributed by atoms with van der Waals surface area (Å²) in [6.45, 7) is 7.16. The third-order valence-corrected chi connectivity index (χ3v) is 9.60. The summed E-state index contributed by atoms with van der Waals surface area (Å²) in [6, 6.07) is 7.31. The minimum Gasteiger partial charge on any atom is -0.480 e. The van der Waals surface area contributed by atoms with Crippen molar-refractivity contribution in [2.24, 2.45) is 0 Å². The molecule has 3 saturated heterocycles. The van der Waals surface area contributed by atoms with Crippen molar-refractivity contribution in [1.29, 1.82) is 0 Å². The molecule has 0 radical (unpaired) electrons. The van der Waals surface area contributed by atoms with Gasteiger partial charge in [0, 0.05) is 11.3 Å². The van der Waals surface area contributed by atoms with E-state index in [1.807, 2.05) is 44.2 Å². The van der Waals surface area contributed by atoms with E-state index in [-0.39, 0.29) is 17.2 Å². The molecule has 3 fully saturated rings. The predicted octanol–water partition coefficient (Wildman–Crippen LogP) is 2.71. The van der Waals surface area contributed by atoms with Crippen molar-refractivity contribution in [3.63, 3.8) is 0 Å². The van der Waals surface area contributed by atoms with Crippen LogP contribution in [0.25, 0.3) is 0 Å². The van der Waals surface area contributed by atoms with Crippen molar-refractivity contribution in [2.75, 3.05) is 19.1 Å². The number of thiocarbonyl (C=S) groups is 1. The van der Waals surface area contributed by atoms with Crippen molar-refractivity contribution in [2.45, 2.75) is 61.9 Å². The quantitative estimate of drug-likeness (QED) is 0.395. The average Bonchev–Trinajstić information content (AvgIpc) is 3.06. The van der Waals surface area contributed by atoms with Gasteiger partial charge in [-0.15, -0.1) is 11.8 Å². The van der Waals surface area contributed by atoms with Gasteiger partial charge in [0.05, 0.1) is 12.5 Å². The fraction of sp³-hybridized carbons (Fsp3) is 0.565. The molecule has 3 heterocycles. The number of carboxylic acids is 1. The molecule has 0 aromatic heterocycles. The summed E-state index contributed by atoms with van der Waals surface area (Å²) in [5.41, 5.74) is 0.843. The van der Waals surface area contributed by atoms with Crippen molar-refractivity contribution in [3.8, 4) is 0 Å².